The first-order chi connectivity index (χ1) is 10.1. The Morgan fingerprint density at radius 2 is 1.90 bits per heavy atom. The highest BCUT2D eigenvalue weighted by atomic mass is 16.5. The number of carboxylic acid groups (broad SMARTS) is 1. The molecule has 1 aromatic heterocycles. The molecule has 0 atom stereocenters. The van der Waals surface area contributed by atoms with E-state index < -0.39 is 5.97 Å². The van der Waals surface area contributed by atoms with Crippen molar-refractivity contribution in [2.75, 3.05) is 5.32 Å². The second-order valence-corrected chi connectivity index (χ2v) is 4.67. The summed E-state index contributed by atoms with van der Waals surface area (Å²) in [6.45, 7) is 1.07. The quantitative estimate of drug-likeness (QED) is 0.900. The number of amides is 1. The Morgan fingerprint density at radius 3 is 2.71 bits per heavy atom. The Balaban J connectivity index is 1.80. The van der Waals surface area contributed by atoms with Gasteiger partial charge in [0.1, 0.15) is 5.82 Å². The molecule has 0 radical (unpaired) electrons. The monoisotopic (exact) mass is 284 g/mol. The summed E-state index contributed by atoms with van der Waals surface area (Å²) in [5.74, 6) is -1.20. The van der Waals surface area contributed by atoms with Gasteiger partial charge in [-0.15, -0.1) is 0 Å². The molecule has 2 heterocycles. The number of pyridine rings is 1. The van der Waals surface area contributed by atoms with Gasteiger partial charge in [0, 0.05) is 11.8 Å². The van der Waals surface area contributed by atoms with Crippen molar-refractivity contribution in [1.82, 2.24) is 4.98 Å². The van der Waals surface area contributed by atoms with Gasteiger partial charge in [0.15, 0.2) is 0 Å². The zero-order valence-electron chi connectivity index (χ0n) is 11.0. The number of benzene rings is 1. The number of aromatic nitrogens is 1. The maximum Gasteiger partial charge on any atom is 0.335 e. The molecule has 0 aliphatic carbocycles. The highest BCUT2D eigenvalue weighted by molar-refractivity contribution is 6.04. The molecule has 1 amide bonds. The fourth-order valence-corrected chi connectivity index (χ4v) is 2.13. The molecule has 0 spiro atoms. The van der Waals surface area contributed by atoms with Crippen LogP contribution in [-0.4, -0.2) is 22.0 Å². The number of rotatable bonds is 3. The normalized spacial score (nSPS) is 12.8. The SMILES string of the molecule is O=C(O)c1ccnc(NC(=O)c2ccc3c(c2)COC3)c1. The lowest BCUT2D eigenvalue weighted by atomic mass is 10.1. The van der Waals surface area contributed by atoms with Crippen molar-refractivity contribution in [3.8, 4) is 0 Å². The van der Waals surface area contributed by atoms with Crippen LogP contribution in [0.3, 0.4) is 0 Å². The molecule has 6 heteroatoms. The van der Waals surface area contributed by atoms with E-state index in [2.05, 4.69) is 10.3 Å². The molecular weight excluding hydrogens is 272 g/mol. The van der Waals surface area contributed by atoms with Crippen molar-refractivity contribution in [2.45, 2.75) is 13.2 Å². The second-order valence-electron chi connectivity index (χ2n) is 4.67. The summed E-state index contributed by atoms with van der Waals surface area (Å²) in [4.78, 5) is 27.0. The van der Waals surface area contributed by atoms with Gasteiger partial charge < -0.3 is 15.2 Å². The van der Waals surface area contributed by atoms with Crippen molar-refractivity contribution < 1.29 is 19.4 Å². The van der Waals surface area contributed by atoms with Gasteiger partial charge in [0.25, 0.3) is 5.91 Å². The van der Waals surface area contributed by atoms with Crippen LogP contribution in [-0.2, 0) is 18.0 Å². The maximum absolute atomic E-state index is 12.2. The zero-order chi connectivity index (χ0) is 14.8. The van der Waals surface area contributed by atoms with Crippen LogP contribution in [0, 0.1) is 0 Å². The molecule has 106 valence electrons. The topological polar surface area (TPSA) is 88.5 Å². The van der Waals surface area contributed by atoms with Crippen LogP contribution in [0.4, 0.5) is 5.82 Å². The number of fused-ring (bicyclic) bond motifs is 1. The zero-order valence-corrected chi connectivity index (χ0v) is 11.0. The summed E-state index contributed by atoms with van der Waals surface area (Å²) in [6.07, 6.45) is 1.34. The first kappa shape index (κ1) is 13.3. The largest absolute Gasteiger partial charge is 0.478 e. The van der Waals surface area contributed by atoms with E-state index in [0.29, 0.717) is 18.8 Å². The lowest BCUT2D eigenvalue weighted by Gasteiger charge is -2.06. The van der Waals surface area contributed by atoms with Crippen LogP contribution >= 0.6 is 0 Å². The minimum atomic E-state index is -1.07. The molecule has 0 saturated heterocycles. The highest BCUT2D eigenvalue weighted by Gasteiger charge is 2.15. The molecule has 1 aromatic carbocycles. The van der Waals surface area contributed by atoms with Gasteiger partial charge in [-0.25, -0.2) is 9.78 Å². The van der Waals surface area contributed by atoms with Gasteiger partial charge in [-0.05, 0) is 35.4 Å². The predicted molar refractivity (Wildman–Crippen MR) is 74.1 cm³/mol. The van der Waals surface area contributed by atoms with E-state index in [1.807, 2.05) is 6.07 Å². The summed E-state index contributed by atoms with van der Waals surface area (Å²) in [6, 6.07) is 8.03. The summed E-state index contributed by atoms with van der Waals surface area (Å²) < 4.78 is 5.30. The van der Waals surface area contributed by atoms with E-state index in [4.69, 9.17) is 9.84 Å². The lowest BCUT2D eigenvalue weighted by Crippen LogP contribution is -2.14. The van der Waals surface area contributed by atoms with Crippen LogP contribution in [0.25, 0.3) is 0 Å². The second kappa shape index (κ2) is 5.34. The lowest BCUT2D eigenvalue weighted by molar-refractivity contribution is 0.0696. The van der Waals surface area contributed by atoms with E-state index in [1.54, 1.807) is 12.1 Å². The molecule has 0 unspecified atom stereocenters. The van der Waals surface area contributed by atoms with Crippen molar-refractivity contribution >= 4 is 17.7 Å². The van der Waals surface area contributed by atoms with Crippen molar-refractivity contribution in [1.29, 1.82) is 0 Å². The van der Waals surface area contributed by atoms with Crippen LogP contribution in [0.15, 0.2) is 36.5 Å². The number of carbonyl (C=O) groups excluding carboxylic acids is 1. The number of carbonyl (C=O) groups is 2. The number of hydrogen-bond acceptors (Lipinski definition) is 4. The summed E-state index contributed by atoms with van der Waals surface area (Å²) in [5, 5.41) is 11.5. The molecule has 0 bridgehead atoms. The average Bonchev–Trinajstić information content (AvgIpc) is 2.94. The third kappa shape index (κ3) is 2.75. The van der Waals surface area contributed by atoms with Crippen molar-refractivity contribution in [3.05, 3.63) is 58.8 Å². The minimum Gasteiger partial charge on any atom is -0.478 e. The van der Waals surface area contributed by atoms with Crippen LogP contribution in [0.2, 0.25) is 0 Å². The Kier molecular flexibility index (Phi) is 3.37. The molecule has 0 saturated carbocycles. The molecule has 2 N–H and O–H groups in total. The van der Waals surface area contributed by atoms with Crippen LogP contribution in [0.5, 0.6) is 0 Å². The fourth-order valence-electron chi connectivity index (χ4n) is 2.13. The van der Waals surface area contributed by atoms with Crippen molar-refractivity contribution in [3.63, 3.8) is 0 Å². The highest BCUT2D eigenvalue weighted by Crippen LogP contribution is 2.21. The van der Waals surface area contributed by atoms with E-state index in [-0.39, 0.29) is 17.3 Å². The molecular formula is C15H12N2O4. The first-order valence-corrected chi connectivity index (χ1v) is 6.34. The standard InChI is InChI=1S/C15H12N2O4/c18-14(9-1-2-11-7-21-8-12(11)5-9)17-13-6-10(15(19)20)3-4-16-13/h1-6H,7-8H2,(H,19,20)(H,16,17,18). The predicted octanol–water partition coefficient (Wildman–Crippen LogP) is 2.06. The number of ether oxygens (including phenoxy) is 1. The summed E-state index contributed by atoms with van der Waals surface area (Å²) >= 11 is 0. The third-order valence-electron chi connectivity index (χ3n) is 3.23. The molecule has 21 heavy (non-hydrogen) atoms. The summed E-state index contributed by atoms with van der Waals surface area (Å²) in [7, 11) is 0. The number of aromatic carboxylic acids is 1. The number of hydrogen-bond donors (Lipinski definition) is 2. The Morgan fingerprint density at radius 1 is 1.10 bits per heavy atom. The molecule has 2 aromatic rings. The number of carboxylic acids is 1. The van der Waals surface area contributed by atoms with Gasteiger partial charge in [0.05, 0.1) is 18.8 Å². The van der Waals surface area contributed by atoms with Gasteiger partial charge in [0.2, 0.25) is 0 Å². The Bertz CT molecular complexity index is 727. The molecule has 1 aliphatic rings. The number of nitrogens with zero attached hydrogens (tertiary/aromatic N) is 1. The maximum atomic E-state index is 12.2. The number of anilines is 1. The summed E-state index contributed by atoms with van der Waals surface area (Å²) in [5.41, 5.74) is 2.64. The van der Waals surface area contributed by atoms with Gasteiger partial charge in [-0.3, -0.25) is 4.79 Å². The minimum absolute atomic E-state index is 0.0719. The van der Waals surface area contributed by atoms with Crippen LogP contribution < -0.4 is 5.32 Å². The first-order valence-electron chi connectivity index (χ1n) is 6.34. The van der Waals surface area contributed by atoms with E-state index >= 15 is 0 Å². The molecule has 0 fully saturated rings. The molecule has 6 nitrogen and oxygen atoms in total. The van der Waals surface area contributed by atoms with Crippen LogP contribution in [0.1, 0.15) is 31.8 Å². The Labute approximate surface area is 120 Å². The molecule has 1 aliphatic heterocycles. The Hall–Kier alpha value is -2.73. The van der Waals surface area contributed by atoms with E-state index in [9.17, 15) is 9.59 Å². The van der Waals surface area contributed by atoms with Gasteiger partial charge in [-0.2, -0.15) is 0 Å². The van der Waals surface area contributed by atoms with E-state index in [1.165, 1.54) is 18.3 Å². The smallest absolute Gasteiger partial charge is 0.335 e. The average molecular weight is 284 g/mol. The number of nitrogens with one attached hydrogen (secondary N) is 1. The van der Waals surface area contributed by atoms with Gasteiger partial charge >= 0.3 is 5.97 Å². The van der Waals surface area contributed by atoms with Crippen molar-refractivity contribution in [2.24, 2.45) is 0 Å². The van der Waals surface area contributed by atoms with Gasteiger partial charge in [-0.1, -0.05) is 6.07 Å². The molecule has 3 rings (SSSR count). The third-order valence-corrected chi connectivity index (χ3v) is 3.23. The fraction of sp³-hybridized carbons (Fsp3) is 0.133. The van der Waals surface area contributed by atoms with E-state index in [0.717, 1.165) is 11.1 Å².